The number of aryl methyl sites for hydroxylation is 1. The highest BCUT2D eigenvalue weighted by Gasteiger charge is 2.16. The van der Waals surface area contributed by atoms with Crippen LogP contribution >= 0.6 is 11.6 Å². The molecule has 1 amide bonds. The molecule has 1 aromatic carbocycles. The number of alkyl carbamates (subject to hydrolysis) is 1. The van der Waals surface area contributed by atoms with E-state index < -0.39 is 11.7 Å². The van der Waals surface area contributed by atoms with Gasteiger partial charge < -0.3 is 15.8 Å². The Bertz CT molecular complexity index is 469. The van der Waals surface area contributed by atoms with Crippen LogP contribution in [0.3, 0.4) is 0 Å². The van der Waals surface area contributed by atoms with Crippen molar-refractivity contribution in [2.75, 3.05) is 6.54 Å². The van der Waals surface area contributed by atoms with Crippen LogP contribution in [0.5, 0.6) is 0 Å². The number of nitrogens with one attached hydrogen (secondary N) is 1. The Morgan fingerprint density at radius 1 is 1.45 bits per heavy atom. The molecule has 1 atom stereocenters. The Labute approximate surface area is 125 Å². The highest BCUT2D eigenvalue weighted by atomic mass is 35.5. The third-order valence-electron chi connectivity index (χ3n) is 2.63. The number of halogens is 1. The van der Waals surface area contributed by atoms with Crippen LogP contribution in [0.4, 0.5) is 4.79 Å². The molecular weight excluding hydrogens is 276 g/mol. The first-order valence-electron chi connectivity index (χ1n) is 6.65. The normalized spacial score (nSPS) is 12.9. The summed E-state index contributed by atoms with van der Waals surface area (Å²) in [5.41, 5.74) is 7.63. The van der Waals surface area contributed by atoms with Crippen molar-refractivity contribution < 1.29 is 9.53 Å². The van der Waals surface area contributed by atoms with Gasteiger partial charge in [-0.2, -0.15) is 0 Å². The molecule has 0 fully saturated rings. The largest absolute Gasteiger partial charge is 0.444 e. The second-order valence-corrected chi connectivity index (χ2v) is 6.34. The second-order valence-electron chi connectivity index (χ2n) is 5.93. The van der Waals surface area contributed by atoms with E-state index in [0.29, 0.717) is 13.0 Å². The maximum atomic E-state index is 11.5. The maximum Gasteiger partial charge on any atom is 0.407 e. The summed E-state index contributed by atoms with van der Waals surface area (Å²) in [6.45, 7) is 7.79. The summed E-state index contributed by atoms with van der Waals surface area (Å²) in [7, 11) is 0. The van der Waals surface area contributed by atoms with Gasteiger partial charge in [-0.05, 0) is 51.3 Å². The fraction of sp³-hybridized carbons (Fsp3) is 0.533. The summed E-state index contributed by atoms with van der Waals surface area (Å²) >= 11 is 5.98. The van der Waals surface area contributed by atoms with E-state index in [9.17, 15) is 4.79 Å². The molecule has 1 unspecified atom stereocenters. The van der Waals surface area contributed by atoms with Gasteiger partial charge in [-0.15, -0.1) is 0 Å². The molecule has 0 bridgehead atoms. The summed E-state index contributed by atoms with van der Waals surface area (Å²) in [4.78, 5) is 11.5. The summed E-state index contributed by atoms with van der Waals surface area (Å²) in [6.07, 6.45) is 0.230. The zero-order valence-electron chi connectivity index (χ0n) is 12.5. The molecule has 0 aliphatic carbocycles. The van der Waals surface area contributed by atoms with Crippen molar-refractivity contribution >= 4 is 17.7 Å². The molecule has 0 heterocycles. The lowest BCUT2D eigenvalue weighted by atomic mass is 10.0. The summed E-state index contributed by atoms with van der Waals surface area (Å²) < 4.78 is 5.15. The first-order chi connectivity index (χ1) is 9.17. The molecule has 0 saturated carbocycles. The van der Waals surface area contributed by atoms with Gasteiger partial charge in [0, 0.05) is 17.6 Å². The zero-order chi connectivity index (χ0) is 15.3. The van der Waals surface area contributed by atoms with Crippen LogP contribution in [0.2, 0.25) is 5.02 Å². The molecular formula is C15H23ClN2O2. The van der Waals surface area contributed by atoms with E-state index in [4.69, 9.17) is 22.1 Å². The van der Waals surface area contributed by atoms with Crippen LogP contribution in [0, 0.1) is 6.92 Å². The van der Waals surface area contributed by atoms with E-state index in [1.165, 1.54) is 0 Å². The highest BCUT2D eigenvalue weighted by Crippen LogP contribution is 2.17. The molecule has 0 aliphatic heterocycles. The first kappa shape index (κ1) is 16.8. The molecule has 0 aromatic heterocycles. The molecule has 0 aliphatic rings. The molecule has 0 saturated heterocycles. The van der Waals surface area contributed by atoms with Crippen LogP contribution in [0.15, 0.2) is 18.2 Å². The van der Waals surface area contributed by atoms with E-state index in [0.717, 1.165) is 16.1 Å². The first-order valence-corrected chi connectivity index (χ1v) is 7.02. The lowest BCUT2D eigenvalue weighted by molar-refractivity contribution is 0.0524. The number of hydrogen-bond donors (Lipinski definition) is 2. The van der Waals surface area contributed by atoms with Crippen LogP contribution in [-0.2, 0) is 11.2 Å². The minimum absolute atomic E-state index is 0.164. The fourth-order valence-corrected chi connectivity index (χ4v) is 1.85. The van der Waals surface area contributed by atoms with Gasteiger partial charge in [0.1, 0.15) is 5.60 Å². The predicted molar refractivity (Wildman–Crippen MR) is 82.1 cm³/mol. The van der Waals surface area contributed by atoms with Crippen LogP contribution in [-0.4, -0.2) is 24.3 Å². The minimum Gasteiger partial charge on any atom is -0.444 e. The summed E-state index contributed by atoms with van der Waals surface area (Å²) in [5, 5.41) is 3.42. The van der Waals surface area contributed by atoms with Crippen molar-refractivity contribution in [1.29, 1.82) is 0 Å². The number of benzene rings is 1. The van der Waals surface area contributed by atoms with Crippen LogP contribution < -0.4 is 11.1 Å². The quantitative estimate of drug-likeness (QED) is 0.898. The van der Waals surface area contributed by atoms with Crippen molar-refractivity contribution in [3.8, 4) is 0 Å². The van der Waals surface area contributed by atoms with Gasteiger partial charge in [0.25, 0.3) is 0 Å². The average Bonchev–Trinajstić information content (AvgIpc) is 2.29. The number of nitrogens with two attached hydrogens (primary N) is 1. The average molecular weight is 299 g/mol. The fourth-order valence-electron chi connectivity index (χ4n) is 1.74. The molecule has 0 spiro atoms. The summed E-state index contributed by atoms with van der Waals surface area (Å²) in [6, 6.07) is 5.65. The topological polar surface area (TPSA) is 64.3 Å². The molecule has 4 nitrogen and oxygen atoms in total. The molecule has 0 radical (unpaired) electrons. The van der Waals surface area contributed by atoms with E-state index in [-0.39, 0.29) is 6.04 Å². The molecule has 1 aromatic rings. The van der Waals surface area contributed by atoms with Gasteiger partial charge in [-0.1, -0.05) is 23.7 Å². The molecule has 112 valence electrons. The van der Waals surface area contributed by atoms with Gasteiger partial charge in [0.05, 0.1) is 0 Å². The SMILES string of the molecule is Cc1cc(CC(N)CNC(=O)OC(C)(C)C)ccc1Cl. The summed E-state index contributed by atoms with van der Waals surface area (Å²) in [5.74, 6) is 0. The van der Waals surface area contributed by atoms with Gasteiger partial charge >= 0.3 is 6.09 Å². The van der Waals surface area contributed by atoms with Gasteiger partial charge in [0.2, 0.25) is 0 Å². The zero-order valence-corrected chi connectivity index (χ0v) is 13.3. The number of carbonyl (C=O) groups excluding carboxylic acids is 1. The Morgan fingerprint density at radius 2 is 2.10 bits per heavy atom. The van der Waals surface area contributed by atoms with Crippen LogP contribution in [0.25, 0.3) is 0 Å². The molecule has 1 rings (SSSR count). The number of amides is 1. The van der Waals surface area contributed by atoms with E-state index in [2.05, 4.69) is 5.32 Å². The van der Waals surface area contributed by atoms with E-state index in [1.54, 1.807) is 0 Å². The van der Waals surface area contributed by atoms with Gasteiger partial charge in [-0.3, -0.25) is 0 Å². The van der Waals surface area contributed by atoms with E-state index in [1.807, 2.05) is 45.9 Å². The molecule has 5 heteroatoms. The predicted octanol–water partition coefficient (Wildman–Crippen LogP) is 3.04. The maximum absolute atomic E-state index is 11.5. The van der Waals surface area contributed by atoms with Crippen molar-refractivity contribution in [3.63, 3.8) is 0 Å². The lowest BCUT2D eigenvalue weighted by Crippen LogP contribution is -2.41. The highest BCUT2D eigenvalue weighted by molar-refractivity contribution is 6.31. The second kappa shape index (κ2) is 6.95. The Balaban J connectivity index is 2.42. The third-order valence-corrected chi connectivity index (χ3v) is 3.05. The third kappa shape index (κ3) is 6.26. The lowest BCUT2D eigenvalue weighted by Gasteiger charge is -2.21. The number of hydrogen-bond acceptors (Lipinski definition) is 3. The van der Waals surface area contributed by atoms with Crippen LogP contribution in [0.1, 0.15) is 31.9 Å². The van der Waals surface area contributed by atoms with Gasteiger partial charge in [0.15, 0.2) is 0 Å². The van der Waals surface area contributed by atoms with E-state index >= 15 is 0 Å². The van der Waals surface area contributed by atoms with Gasteiger partial charge in [-0.25, -0.2) is 4.79 Å². The Hall–Kier alpha value is -1.26. The monoisotopic (exact) mass is 298 g/mol. The standard InChI is InChI=1S/C15H23ClN2O2/c1-10-7-11(5-6-13(10)16)8-12(17)9-18-14(19)20-15(2,3)4/h5-7,12H,8-9,17H2,1-4H3,(H,18,19). The van der Waals surface area contributed by atoms with Crippen molar-refractivity contribution in [3.05, 3.63) is 34.3 Å². The number of carbonyl (C=O) groups is 1. The number of ether oxygens (including phenoxy) is 1. The van der Waals surface area contributed by atoms with Crippen molar-refractivity contribution in [2.45, 2.75) is 45.8 Å². The molecule has 3 N–H and O–H groups in total. The minimum atomic E-state index is -0.499. The Kier molecular flexibility index (Phi) is 5.84. The van der Waals surface area contributed by atoms with Crippen molar-refractivity contribution in [2.24, 2.45) is 5.73 Å². The smallest absolute Gasteiger partial charge is 0.407 e. The number of rotatable bonds is 4. The van der Waals surface area contributed by atoms with Crippen molar-refractivity contribution in [1.82, 2.24) is 5.32 Å². The molecule has 20 heavy (non-hydrogen) atoms. The Morgan fingerprint density at radius 3 is 2.65 bits per heavy atom.